The fourth-order valence-corrected chi connectivity index (χ4v) is 2.82. The minimum atomic E-state index is -0.107. The predicted octanol–water partition coefficient (Wildman–Crippen LogP) is 3.54. The molecule has 0 saturated carbocycles. The van der Waals surface area contributed by atoms with Gasteiger partial charge in [-0.25, -0.2) is 0 Å². The van der Waals surface area contributed by atoms with Crippen LogP contribution in [0.4, 0.5) is 5.69 Å². The lowest BCUT2D eigenvalue weighted by Crippen LogP contribution is -2.13. The maximum Gasteiger partial charge on any atom is 0.141 e. The van der Waals surface area contributed by atoms with E-state index < -0.39 is 0 Å². The first-order valence-electron chi connectivity index (χ1n) is 6.25. The first-order chi connectivity index (χ1) is 10.4. The second-order valence-electron chi connectivity index (χ2n) is 4.50. The molecule has 0 radical (unpaired) electrons. The molecule has 0 amide bonds. The number of nitrogens with two attached hydrogens (primary N) is 2. The van der Waals surface area contributed by atoms with Crippen molar-refractivity contribution >= 4 is 34.7 Å². The highest BCUT2D eigenvalue weighted by Gasteiger charge is 2.19. The summed E-state index contributed by atoms with van der Waals surface area (Å²) in [6, 6.07) is 6.65. The Morgan fingerprint density at radius 2 is 1.59 bits per heavy atom. The standard InChI is InChI=1S/C15H15Cl2N3O2/c1-21-10-6-11(22-2)14(17)12(13(10)16)7-3-4-8(15(19)20)9(18)5-7/h3-6H,18H2,1-2H3,(H3,19,20). The number of rotatable bonds is 4. The topological polar surface area (TPSA) is 94.3 Å². The quantitative estimate of drug-likeness (QED) is 0.451. The monoisotopic (exact) mass is 339 g/mol. The maximum absolute atomic E-state index is 7.47. The molecule has 0 bridgehead atoms. The first kappa shape index (κ1) is 16.3. The van der Waals surface area contributed by atoms with Crippen LogP contribution < -0.4 is 20.9 Å². The Morgan fingerprint density at radius 1 is 1.05 bits per heavy atom. The first-order valence-corrected chi connectivity index (χ1v) is 7.00. The lowest BCUT2D eigenvalue weighted by molar-refractivity contribution is 0.395. The molecule has 0 heterocycles. The Balaban J connectivity index is 2.71. The Hall–Kier alpha value is -2.11. The van der Waals surface area contributed by atoms with E-state index in [0.29, 0.717) is 43.9 Å². The van der Waals surface area contributed by atoms with E-state index in [1.54, 1.807) is 24.3 Å². The number of methoxy groups -OCH3 is 2. The summed E-state index contributed by atoms with van der Waals surface area (Å²) in [6.07, 6.45) is 0. The van der Waals surface area contributed by atoms with E-state index in [-0.39, 0.29) is 5.84 Å². The molecule has 0 aliphatic carbocycles. The summed E-state index contributed by atoms with van der Waals surface area (Å²) >= 11 is 12.7. The van der Waals surface area contributed by atoms with E-state index in [4.69, 9.17) is 49.6 Å². The molecular weight excluding hydrogens is 325 g/mol. The van der Waals surface area contributed by atoms with Crippen LogP contribution in [-0.4, -0.2) is 20.1 Å². The van der Waals surface area contributed by atoms with Crippen LogP contribution in [0, 0.1) is 5.41 Å². The molecule has 0 unspecified atom stereocenters. The van der Waals surface area contributed by atoms with Crippen molar-refractivity contribution in [1.29, 1.82) is 5.41 Å². The summed E-state index contributed by atoms with van der Waals surface area (Å²) in [5.74, 6) is 0.767. The third kappa shape index (κ3) is 2.77. The van der Waals surface area contributed by atoms with Crippen LogP contribution in [0.2, 0.25) is 10.0 Å². The van der Waals surface area contributed by atoms with Crippen LogP contribution in [0.25, 0.3) is 11.1 Å². The third-order valence-electron chi connectivity index (χ3n) is 3.20. The average molecular weight is 340 g/mol. The summed E-state index contributed by atoms with van der Waals surface area (Å²) in [7, 11) is 3.01. The number of nitrogen functional groups attached to an aromatic ring is 2. The smallest absolute Gasteiger partial charge is 0.141 e. The van der Waals surface area contributed by atoms with Crippen molar-refractivity contribution < 1.29 is 9.47 Å². The summed E-state index contributed by atoms with van der Waals surface area (Å²) in [5, 5.41) is 8.17. The fourth-order valence-electron chi connectivity index (χ4n) is 2.10. The third-order valence-corrected chi connectivity index (χ3v) is 3.95. The zero-order valence-electron chi connectivity index (χ0n) is 12.0. The van der Waals surface area contributed by atoms with E-state index in [1.807, 2.05) is 0 Å². The highest BCUT2D eigenvalue weighted by atomic mass is 35.5. The van der Waals surface area contributed by atoms with Crippen molar-refractivity contribution in [2.45, 2.75) is 0 Å². The van der Waals surface area contributed by atoms with Crippen LogP contribution in [0.5, 0.6) is 11.5 Å². The molecule has 0 fully saturated rings. The van der Waals surface area contributed by atoms with Gasteiger partial charge in [-0.05, 0) is 17.7 Å². The van der Waals surface area contributed by atoms with Gasteiger partial charge in [0.2, 0.25) is 0 Å². The second kappa shape index (κ2) is 6.34. The van der Waals surface area contributed by atoms with Crippen molar-refractivity contribution in [3.8, 4) is 22.6 Å². The lowest BCUT2D eigenvalue weighted by Gasteiger charge is -2.15. The minimum absolute atomic E-state index is 0.107. The number of hydrogen-bond donors (Lipinski definition) is 3. The number of benzene rings is 2. The van der Waals surface area contributed by atoms with E-state index in [0.717, 1.165) is 0 Å². The van der Waals surface area contributed by atoms with Crippen molar-refractivity contribution in [3.63, 3.8) is 0 Å². The highest BCUT2D eigenvalue weighted by Crippen LogP contribution is 2.46. The van der Waals surface area contributed by atoms with Crippen LogP contribution in [0.15, 0.2) is 24.3 Å². The Morgan fingerprint density at radius 3 is 2.00 bits per heavy atom. The van der Waals surface area contributed by atoms with Crippen molar-refractivity contribution in [1.82, 2.24) is 0 Å². The fraction of sp³-hybridized carbons (Fsp3) is 0.133. The molecule has 0 saturated heterocycles. The van der Waals surface area contributed by atoms with Gasteiger partial charge in [0.1, 0.15) is 17.3 Å². The molecule has 0 aliphatic heterocycles. The van der Waals surface area contributed by atoms with E-state index in [2.05, 4.69) is 0 Å². The number of halogens is 2. The number of nitrogens with one attached hydrogen (secondary N) is 1. The maximum atomic E-state index is 7.47. The van der Waals surface area contributed by atoms with Gasteiger partial charge in [-0.15, -0.1) is 0 Å². The normalized spacial score (nSPS) is 10.4. The summed E-state index contributed by atoms with van der Waals surface area (Å²) in [5.41, 5.74) is 13.4. The summed E-state index contributed by atoms with van der Waals surface area (Å²) in [4.78, 5) is 0. The molecular formula is C15H15Cl2N3O2. The number of hydrogen-bond acceptors (Lipinski definition) is 4. The molecule has 5 nitrogen and oxygen atoms in total. The number of anilines is 1. The molecule has 2 aromatic rings. The number of amidine groups is 1. The molecule has 22 heavy (non-hydrogen) atoms. The Labute approximate surface area is 138 Å². The molecule has 116 valence electrons. The lowest BCUT2D eigenvalue weighted by atomic mass is 10.0. The van der Waals surface area contributed by atoms with Gasteiger partial charge < -0.3 is 20.9 Å². The van der Waals surface area contributed by atoms with Crippen LogP contribution >= 0.6 is 23.2 Å². The Kier molecular flexibility index (Phi) is 4.68. The van der Waals surface area contributed by atoms with Gasteiger partial charge in [0.15, 0.2) is 0 Å². The molecule has 5 N–H and O–H groups in total. The van der Waals surface area contributed by atoms with Gasteiger partial charge in [0.25, 0.3) is 0 Å². The number of ether oxygens (including phenoxy) is 2. The van der Waals surface area contributed by atoms with Crippen LogP contribution in [0.3, 0.4) is 0 Å². The van der Waals surface area contributed by atoms with Gasteiger partial charge in [0, 0.05) is 22.9 Å². The van der Waals surface area contributed by atoms with Gasteiger partial charge in [0.05, 0.1) is 24.3 Å². The molecule has 7 heteroatoms. The molecule has 2 rings (SSSR count). The predicted molar refractivity (Wildman–Crippen MR) is 90.4 cm³/mol. The molecule has 2 aromatic carbocycles. The van der Waals surface area contributed by atoms with E-state index in [9.17, 15) is 0 Å². The molecule has 0 spiro atoms. The van der Waals surface area contributed by atoms with Gasteiger partial charge in [-0.3, -0.25) is 5.41 Å². The van der Waals surface area contributed by atoms with Gasteiger partial charge >= 0.3 is 0 Å². The van der Waals surface area contributed by atoms with Crippen molar-refractivity contribution in [3.05, 3.63) is 39.9 Å². The largest absolute Gasteiger partial charge is 0.495 e. The molecule has 0 atom stereocenters. The zero-order valence-corrected chi connectivity index (χ0v) is 13.5. The van der Waals surface area contributed by atoms with Crippen LogP contribution in [-0.2, 0) is 0 Å². The van der Waals surface area contributed by atoms with E-state index >= 15 is 0 Å². The van der Waals surface area contributed by atoms with Crippen molar-refractivity contribution in [2.24, 2.45) is 5.73 Å². The molecule has 0 aromatic heterocycles. The SMILES string of the molecule is COc1cc(OC)c(Cl)c(-c2ccc(C(=N)N)c(N)c2)c1Cl. The van der Waals surface area contributed by atoms with E-state index in [1.165, 1.54) is 14.2 Å². The van der Waals surface area contributed by atoms with Crippen molar-refractivity contribution in [2.75, 3.05) is 20.0 Å². The van der Waals surface area contributed by atoms with Crippen LogP contribution in [0.1, 0.15) is 5.56 Å². The average Bonchev–Trinajstić information content (AvgIpc) is 2.47. The summed E-state index contributed by atoms with van der Waals surface area (Å²) in [6.45, 7) is 0. The zero-order chi connectivity index (χ0) is 16.4. The molecule has 0 aliphatic rings. The van der Waals surface area contributed by atoms with Gasteiger partial charge in [-0.1, -0.05) is 29.3 Å². The minimum Gasteiger partial charge on any atom is -0.495 e. The highest BCUT2D eigenvalue weighted by molar-refractivity contribution is 6.41. The van der Waals surface area contributed by atoms with Gasteiger partial charge in [-0.2, -0.15) is 0 Å². The Bertz CT molecular complexity index is 720. The summed E-state index contributed by atoms with van der Waals surface area (Å²) < 4.78 is 10.5. The second-order valence-corrected chi connectivity index (χ2v) is 5.26.